The van der Waals surface area contributed by atoms with Gasteiger partial charge in [-0.25, -0.2) is 4.98 Å². The summed E-state index contributed by atoms with van der Waals surface area (Å²) in [4.78, 5) is 32.2. The first-order valence-corrected chi connectivity index (χ1v) is 12.1. The van der Waals surface area contributed by atoms with Crippen LogP contribution in [0.4, 0.5) is 5.69 Å². The summed E-state index contributed by atoms with van der Waals surface area (Å²) in [5, 5.41) is 12.6. The number of likely N-dealkylation sites (tertiary alicyclic amines) is 1. The lowest BCUT2D eigenvalue weighted by Crippen LogP contribution is -2.53. The molecule has 1 aromatic carbocycles. The Hall–Kier alpha value is -3.27. The summed E-state index contributed by atoms with van der Waals surface area (Å²) in [6.07, 6.45) is 5.22. The fraction of sp³-hybridized carbons (Fsp3) is 0.250. The van der Waals surface area contributed by atoms with Crippen LogP contribution in [0, 0.1) is 0 Å². The Morgan fingerprint density at radius 3 is 2.74 bits per heavy atom. The van der Waals surface area contributed by atoms with Gasteiger partial charge >= 0.3 is 0 Å². The molecular weight excluding hydrogens is 474 g/mol. The molecule has 2 aliphatic rings. The van der Waals surface area contributed by atoms with Crippen LogP contribution in [-0.2, 0) is 0 Å². The lowest BCUT2D eigenvalue weighted by molar-refractivity contribution is 0.00591. The van der Waals surface area contributed by atoms with E-state index >= 15 is 0 Å². The molecule has 1 saturated heterocycles. The van der Waals surface area contributed by atoms with Crippen molar-refractivity contribution in [2.75, 3.05) is 18.4 Å². The molecule has 1 aliphatic carbocycles. The van der Waals surface area contributed by atoms with Gasteiger partial charge in [-0.2, -0.15) is 4.37 Å². The molecule has 0 spiro atoms. The van der Waals surface area contributed by atoms with Crippen LogP contribution in [0.2, 0.25) is 5.02 Å². The van der Waals surface area contributed by atoms with Crippen LogP contribution in [0.1, 0.15) is 44.4 Å². The van der Waals surface area contributed by atoms with Gasteiger partial charge in [0.25, 0.3) is 11.8 Å². The molecule has 34 heavy (non-hydrogen) atoms. The van der Waals surface area contributed by atoms with Crippen molar-refractivity contribution in [3.8, 4) is 11.4 Å². The van der Waals surface area contributed by atoms with Crippen molar-refractivity contribution in [1.82, 2.24) is 18.7 Å². The Bertz CT molecular complexity index is 1440. The van der Waals surface area contributed by atoms with E-state index in [0.717, 1.165) is 35.4 Å². The Kier molecular flexibility index (Phi) is 5.13. The summed E-state index contributed by atoms with van der Waals surface area (Å²) in [5.41, 5.74) is 4.38. The second kappa shape index (κ2) is 8.19. The number of imidazole rings is 1. The Morgan fingerprint density at radius 1 is 1.18 bits per heavy atom. The predicted octanol–water partition coefficient (Wildman–Crippen LogP) is 4.06. The van der Waals surface area contributed by atoms with Gasteiger partial charge in [-0.05, 0) is 60.6 Å². The minimum Gasteiger partial charge on any atom is -0.389 e. The largest absolute Gasteiger partial charge is 0.389 e. The van der Waals surface area contributed by atoms with Crippen LogP contribution in [0.25, 0.3) is 17.0 Å². The number of halogens is 1. The van der Waals surface area contributed by atoms with E-state index in [9.17, 15) is 14.7 Å². The number of aliphatic hydroxyl groups is 1. The highest BCUT2D eigenvalue weighted by Gasteiger charge is 2.35. The average Bonchev–Trinajstić information content (AvgIpc) is 3.35. The Morgan fingerprint density at radius 2 is 2.00 bits per heavy atom. The number of anilines is 1. The second-order valence-electron chi connectivity index (χ2n) is 8.63. The number of nitrogens with zero attached hydrogens (tertiary/aromatic N) is 4. The number of aliphatic hydroxyl groups excluding tert-OH is 1. The summed E-state index contributed by atoms with van der Waals surface area (Å²) in [5.74, 6) is -0.168. The topological polar surface area (TPSA) is 99.8 Å². The van der Waals surface area contributed by atoms with Crippen molar-refractivity contribution in [2.45, 2.75) is 24.9 Å². The maximum Gasteiger partial charge on any atom is 0.267 e. The van der Waals surface area contributed by atoms with Crippen molar-refractivity contribution in [2.24, 2.45) is 0 Å². The molecule has 0 unspecified atom stereocenters. The molecule has 4 heterocycles. The number of benzene rings is 1. The number of nitrogens with one attached hydrogen (secondary N) is 1. The van der Waals surface area contributed by atoms with E-state index in [-0.39, 0.29) is 16.8 Å². The minimum atomic E-state index is -0.480. The van der Waals surface area contributed by atoms with E-state index in [1.54, 1.807) is 24.4 Å². The summed E-state index contributed by atoms with van der Waals surface area (Å²) < 4.78 is 6.65. The average molecular weight is 494 g/mol. The standard InChI is InChI=1S/C24H20ClN5O3S/c25-17-10-14(6-7-16(17)24(33)29-11-15(31)12-29)27-23(32)22-20(13-4-5-13)21(28-34-22)18-2-1-3-19-26-8-9-30(18)19/h1-3,6-10,13,15,31H,4-5,11-12H2,(H,27,32). The maximum atomic E-state index is 13.2. The molecule has 2 N–H and O–H groups in total. The highest BCUT2D eigenvalue weighted by atomic mass is 35.5. The van der Waals surface area contributed by atoms with Crippen LogP contribution in [0.3, 0.4) is 0 Å². The molecular formula is C24H20ClN5O3S. The summed E-state index contributed by atoms with van der Waals surface area (Å²) in [6, 6.07) is 10.7. The van der Waals surface area contributed by atoms with Crippen LogP contribution >= 0.6 is 23.1 Å². The third kappa shape index (κ3) is 3.66. The van der Waals surface area contributed by atoms with E-state index in [4.69, 9.17) is 11.6 Å². The van der Waals surface area contributed by atoms with Crippen LogP contribution in [-0.4, -0.2) is 54.8 Å². The number of pyridine rings is 1. The van der Waals surface area contributed by atoms with Crippen LogP contribution < -0.4 is 5.32 Å². The number of carbonyl (C=O) groups is 2. The molecule has 1 aliphatic heterocycles. The van der Waals surface area contributed by atoms with E-state index < -0.39 is 6.10 Å². The normalized spacial score (nSPS) is 16.0. The van der Waals surface area contributed by atoms with E-state index in [0.29, 0.717) is 35.1 Å². The molecule has 10 heteroatoms. The lowest BCUT2D eigenvalue weighted by atomic mass is 10.1. The first-order chi connectivity index (χ1) is 16.5. The zero-order chi connectivity index (χ0) is 23.4. The number of hydrogen-bond acceptors (Lipinski definition) is 6. The fourth-order valence-corrected chi connectivity index (χ4v) is 5.41. The van der Waals surface area contributed by atoms with Gasteiger partial charge in [0, 0.05) is 36.7 Å². The molecule has 6 rings (SSSR count). The maximum absolute atomic E-state index is 13.2. The third-order valence-electron chi connectivity index (χ3n) is 6.20. The summed E-state index contributed by atoms with van der Waals surface area (Å²) in [6.45, 7) is 0.607. The zero-order valence-electron chi connectivity index (χ0n) is 17.9. The number of hydrogen-bond donors (Lipinski definition) is 2. The number of fused-ring (bicyclic) bond motifs is 1. The van der Waals surface area contributed by atoms with Gasteiger partial charge < -0.3 is 15.3 Å². The van der Waals surface area contributed by atoms with Gasteiger partial charge in [-0.1, -0.05) is 17.7 Å². The molecule has 8 nitrogen and oxygen atoms in total. The van der Waals surface area contributed by atoms with Gasteiger partial charge in [0.2, 0.25) is 0 Å². The smallest absolute Gasteiger partial charge is 0.267 e. The molecule has 0 bridgehead atoms. The fourth-order valence-electron chi connectivity index (χ4n) is 4.28. The molecule has 0 radical (unpaired) electrons. The number of carbonyl (C=O) groups excluding carboxylic acids is 2. The van der Waals surface area contributed by atoms with Crippen molar-refractivity contribution in [1.29, 1.82) is 0 Å². The van der Waals surface area contributed by atoms with Crippen molar-refractivity contribution in [3.05, 3.63) is 69.8 Å². The molecule has 172 valence electrons. The molecule has 2 fully saturated rings. The predicted molar refractivity (Wildman–Crippen MR) is 130 cm³/mol. The Labute approximate surface area is 204 Å². The van der Waals surface area contributed by atoms with Gasteiger partial charge in [0.05, 0.1) is 22.4 Å². The van der Waals surface area contributed by atoms with Gasteiger partial charge in [0.1, 0.15) is 16.2 Å². The van der Waals surface area contributed by atoms with Gasteiger partial charge in [-0.15, -0.1) is 0 Å². The SMILES string of the molecule is O=C(Nc1ccc(C(=O)N2CC(O)C2)c(Cl)c1)c1snc(-c2cccc3nccn23)c1C1CC1. The molecule has 0 atom stereocenters. The number of amides is 2. The minimum absolute atomic E-state index is 0.232. The highest BCUT2D eigenvalue weighted by Crippen LogP contribution is 2.47. The number of β-amino-alcohol motifs (C(OH)–C–C–N with tert-alkyl or cyclic N) is 1. The lowest BCUT2D eigenvalue weighted by Gasteiger charge is -2.36. The highest BCUT2D eigenvalue weighted by molar-refractivity contribution is 7.08. The summed E-state index contributed by atoms with van der Waals surface area (Å²) >= 11 is 7.55. The van der Waals surface area contributed by atoms with Crippen LogP contribution in [0.15, 0.2) is 48.8 Å². The van der Waals surface area contributed by atoms with E-state index in [1.807, 2.05) is 28.8 Å². The number of rotatable bonds is 5. The number of aromatic nitrogens is 3. The third-order valence-corrected chi connectivity index (χ3v) is 7.37. The van der Waals surface area contributed by atoms with E-state index in [1.165, 1.54) is 16.4 Å². The molecule has 1 saturated carbocycles. The monoisotopic (exact) mass is 493 g/mol. The van der Waals surface area contributed by atoms with Crippen LogP contribution in [0.5, 0.6) is 0 Å². The molecule has 3 aromatic heterocycles. The van der Waals surface area contributed by atoms with Gasteiger partial charge in [-0.3, -0.25) is 14.0 Å². The summed E-state index contributed by atoms with van der Waals surface area (Å²) in [7, 11) is 0. The Balaban J connectivity index is 1.28. The first kappa shape index (κ1) is 21.3. The van der Waals surface area contributed by atoms with Crippen molar-refractivity contribution < 1.29 is 14.7 Å². The molecule has 4 aromatic rings. The first-order valence-electron chi connectivity index (χ1n) is 11.0. The van der Waals surface area contributed by atoms with E-state index in [2.05, 4.69) is 14.7 Å². The second-order valence-corrected chi connectivity index (χ2v) is 9.81. The molecule has 2 amide bonds. The van der Waals surface area contributed by atoms with Crippen molar-refractivity contribution in [3.63, 3.8) is 0 Å². The van der Waals surface area contributed by atoms with Gasteiger partial charge in [0.15, 0.2) is 0 Å². The zero-order valence-corrected chi connectivity index (χ0v) is 19.5. The quantitative estimate of drug-likeness (QED) is 0.437. The van der Waals surface area contributed by atoms with Crippen molar-refractivity contribution >= 4 is 46.3 Å².